The van der Waals surface area contributed by atoms with Gasteiger partial charge >= 0.3 is 0 Å². The predicted octanol–water partition coefficient (Wildman–Crippen LogP) is 2.47. The zero-order valence-corrected chi connectivity index (χ0v) is 7.11. The maximum Gasteiger partial charge on any atom is 0.272 e. The molecule has 3 nitrogen and oxygen atoms in total. The maximum absolute atomic E-state index is 11.8. The average molecular weight is 199 g/mol. The van der Waals surface area contributed by atoms with E-state index in [1.807, 2.05) is 0 Å². The lowest BCUT2D eigenvalue weighted by molar-refractivity contribution is 0.0819. The summed E-state index contributed by atoms with van der Waals surface area (Å²) in [5.74, 6) is 0.367. The number of oxazole rings is 1. The number of aromatic nitrogens is 1. The van der Waals surface area contributed by atoms with E-state index in [4.69, 9.17) is 9.15 Å². The Bertz CT molecular complexity index is 427. The molecule has 2 rings (SSSR count). The topological polar surface area (TPSA) is 35.3 Å². The summed E-state index contributed by atoms with van der Waals surface area (Å²) in [6.45, 7) is -0.608. The normalized spacial score (nSPS) is 11.1. The summed E-state index contributed by atoms with van der Waals surface area (Å²) in [6, 6.07) is 4.75. The molecule has 0 amide bonds. The number of nitrogens with zero attached hydrogens (tertiary/aromatic N) is 1. The first-order chi connectivity index (χ1) is 6.75. The number of hydrogen-bond donors (Lipinski definition) is 0. The van der Waals surface area contributed by atoms with Gasteiger partial charge in [0.2, 0.25) is 0 Å². The number of ether oxygens (including phenoxy) is 1. The quantitative estimate of drug-likeness (QED) is 0.761. The van der Waals surface area contributed by atoms with Crippen LogP contribution in [0, 0.1) is 0 Å². The Balaban J connectivity index is 2.17. The second kappa shape index (κ2) is 3.61. The van der Waals surface area contributed by atoms with Gasteiger partial charge in [0.25, 0.3) is 6.43 Å². The highest BCUT2D eigenvalue weighted by molar-refractivity contribution is 5.73. The van der Waals surface area contributed by atoms with Crippen LogP contribution in [0.25, 0.3) is 11.1 Å². The van der Waals surface area contributed by atoms with Crippen LogP contribution in [0.4, 0.5) is 8.78 Å². The summed E-state index contributed by atoms with van der Waals surface area (Å²) in [5.41, 5.74) is 1.20. The lowest BCUT2D eigenvalue weighted by atomic mass is 10.3. The smallest absolute Gasteiger partial charge is 0.272 e. The van der Waals surface area contributed by atoms with Gasteiger partial charge in [0, 0.05) is 6.07 Å². The Morgan fingerprint density at radius 3 is 3.07 bits per heavy atom. The van der Waals surface area contributed by atoms with E-state index in [9.17, 15) is 8.78 Å². The molecular formula is C9H7F2NO2. The van der Waals surface area contributed by atoms with Crippen molar-refractivity contribution in [3.8, 4) is 5.75 Å². The molecule has 0 aliphatic carbocycles. The number of hydrogen-bond acceptors (Lipinski definition) is 3. The lowest BCUT2D eigenvalue weighted by Crippen LogP contribution is -2.06. The number of halogens is 2. The molecule has 14 heavy (non-hydrogen) atoms. The van der Waals surface area contributed by atoms with Crippen molar-refractivity contribution in [2.75, 3.05) is 6.61 Å². The van der Waals surface area contributed by atoms with Crippen LogP contribution in [-0.2, 0) is 0 Å². The monoisotopic (exact) mass is 199 g/mol. The van der Waals surface area contributed by atoms with Gasteiger partial charge in [-0.15, -0.1) is 0 Å². The molecule has 1 aromatic heterocycles. The van der Waals surface area contributed by atoms with Crippen molar-refractivity contribution in [3.05, 3.63) is 24.6 Å². The minimum Gasteiger partial charge on any atom is -0.488 e. The van der Waals surface area contributed by atoms with Gasteiger partial charge in [-0.05, 0) is 12.1 Å². The molecule has 0 saturated carbocycles. The van der Waals surface area contributed by atoms with E-state index < -0.39 is 13.0 Å². The summed E-state index contributed by atoms with van der Waals surface area (Å²) >= 11 is 0. The highest BCUT2D eigenvalue weighted by Crippen LogP contribution is 2.19. The number of alkyl halides is 2. The summed E-state index contributed by atoms with van der Waals surface area (Å²) in [4.78, 5) is 3.87. The van der Waals surface area contributed by atoms with Crippen LogP contribution in [0.5, 0.6) is 5.75 Å². The van der Waals surface area contributed by atoms with Crippen LogP contribution >= 0.6 is 0 Å². The Hall–Kier alpha value is -1.65. The summed E-state index contributed by atoms with van der Waals surface area (Å²) in [6.07, 6.45) is -1.18. The standard InChI is InChI=1S/C9H7F2NO2/c10-9(11)4-13-6-1-2-8-7(3-6)12-5-14-8/h1-3,5,9H,4H2. The molecule has 0 atom stereocenters. The molecule has 0 radical (unpaired) electrons. The summed E-state index contributed by atoms with van der Waals surface area (Å²) in [5, 5.41) is 0. The van der Waals surface area contributed by atoms with Crippen molar-refractivity contribution in [3.63, 3.8) is 0 Å². The Morgan fingerprint density at radius 2 is 2.29 bits per heavy atom. The maximum atomic E-state index is 11.8. The van der Waals surface area contributed by atoms with Crippen LogP contribution in [-0.4, -0.2) is 18.0 Å². The van der Waals surface area contributed by atoms with Crippen molar-refractivity contribution < 1.29 is 17.9 Å². The van der Waals surface area contributed by atoms with E-state index in [2.05, 4.69) is 4.98 Å². The van der Waals surface area contributed by atoms with Crippen molar-refractivity contribution in [2.45, 2.75) is 6.43 Å². The fourth-order valence-corrected chi connectivity index (χ4v) is 1.09. The molecule has 2 aromatic rings. The van der Waals surface area contributed by atoms with Crippen LogP contribution in [0.2, 0.25) is 0 Å². The van der Waals surface area contributed by atoms with Gasteiger partial charge in [-0.2, -0.15) is 0 Å². The minimum atomic E-state index is -2.47. The van der Waals surface area contributed by atoms with Gasteiger partial charge in [0.05, 0.1) is 0 Å². The predicted molar refractivity (Wildman–Crippen MR) is 45.5 cm³/mol. The summed E-state index contributed by atoms with van der Waals surface area (Å²) in [7, 11) is 0. The van der Waals surface area contributed by atoms with Gasteiger partial charge in [-0.1, -0.05) is 0 Å². The third-order valence-electron chi connectivity index (χ3n) is 1.68. The van der Waals surface area contributed by atoms with Crippen molar-refractivity contribution >= 4 is 11.1 Å². The molecule has 0 bridgehead atoms. The Kier molecular flexibility index (Phi) is 2.30. The zero-order valence-electron chi connectivity index (χ0n) is 7.11. The highest BCUT2D eigenvalue weighted by Gasteiger charge is 2.05. The average Bonchev–Trinajstić information content (AvgIpc) is 2.61. The van der Waals surface area contributed by atoms with E-state index in [1.54, 1.807) is 18.2 Å². The molecule has 0 saturated heterocycles. The van der Waals surface area contributed by atoms with Crippen molar-refractivity contribution in [1.29, 1.82) is 0 Å². The van der Waals surface area contributed by atoms with Gasteiger partial charge in [-0.3, -0.25) is 0 Å². The molecule has 5 heteroatoms. The molecule has 0 fully saturated rings. The fourth-order valence-electron chi connectivity index (χ4n) is 1.09. The fraction of sp³-hybridized carbons (Fsp3) is 0.222. The molecule has 0 unspecified atom stereocenters. The molecule has 1 aromatic carbocycles. The first kappa shape index (κ1) is 8.93. The molecule has 0 aliphatic heterocycles. The van der Waals surface area contributed by atoms with E-state index in [1.165, 1.54) is 6.39 Å². The van der Waals surface area contributed by atoms with Crippen molar-refractivity contribution in [1.82, 2.24) is 4.98 Å². The first-order valence-electron chi connectivity index (χ1n) is 4.00. The van der Waals surface area contributed by atoms with E-state index in [0.29, 0.717) is 16.8 Å². The van der Waals surface area contributed by atoms with E-state index in [0.717, 1.165) is 0 Å². The van der Waals surface area contributed by atoms with Gasteiger partial charge in [-0.25, -0.2) is 13.8 Å². The van der Waals surface area contributed by atoms with Gasteiger partial charge < -0.3 is 9.15 Å². The molecule has 1 heterocycles. The Labute approximate surface area is 78.3 Å². The molecule has 74 valence electrons. The first-order valence-corrected chi connectivity index (χ1v) is 4.00. The lowest BCUT2D eigenvalue weighted by Gasteiger charge is -2.03. The van der Waals surface area contributed by atoms with Crippen molar-refractivity contribution in [2.24, 2.45) is 0 Å². The van der Waals surface area contributed by atoms with Crippen LogP contribution in [0.15, 0.2) is 29.0 Å². The van der Waals surface area contributed by atoms with Crippen LogP contribution in [0.1, 0.15) is 0 Å². The third-order valence-corrected chi connectivity index (χ3v) is 1.68. The molecule has 0 aliphatic rings. The van der Waals surface area contributed by atoms with Crippen LogP contribution < -0.4 is 4.74 Å². The highest BCUT2D eigenvalue weighted by atomic mass is 19.3. The third kappa shape index (κ3) is 1.81. The Morgan fingerprint density at radius 1 is 1.43 bits per heavy atom. The molecular weight excluding hydrogens is 192 g/mol. The second-order valence-electron chi connectivity index (χ2n) is 2.68. The number of fused-ring (bicyclic) bond motifs is 1. The number of benzene rings is 1. The summed E-state index contributed by atoms with van der Waals surface area (Å²) < 4.78 is 33.4. The molecule has 0 N–H and O–H groups in total. The van der Waals surface area contributed by atoms with Gasteiger partial charge in [0.15, 0.2) is 12.0 Å². The van der Waals surface area contributed by atoms with E-state index in [-0.39, 0.29) is 0 Å². The SMILES string of the molecule is FC(F)COc1ccc2ocnc2c1. The number of rotatable bonds is 3. The second-order valence-corrected chi connectivity index (χ2v) is 2.68. The van der Waals surface area contributed by atoms with Gasteiger partial charge in [0.1, 0.15) is 17.9 Å². The largest absolute Gasteiger partial charge is 0.488 e. The van der Waals surface area contributed by atoms with Crippen LogP contribution in [0.3, 0.4) is 0 Å². The minimum absolute atomic E-state index is 0.367. The zero-order chi connectivity index (χ0) is 9.97. The molecule has 0 spiro atoms. The van der Waals surface area contributed by atoms with E-state index >= 15 is 0 Å².